The van der Waals surface area contributed by atoms with Crippen molar-refractivity contribution in [1.82, 2.24) is 0 Å². The average molecular weight is 512 g/mol. The van der Waals surface area contributed by atoms with Gasteiger partial charge >= 0.3 is 6.03 Å². The number of amidine groups is 2. The van der Waals surface area contributed by atoms with Crippen molar-refractivity contribution >= 4 is 58.0 Å². The fourth-order valence-corrected chi connectivity index (χ4v) is 4.06. The van der Waals surface area contributed by atoms with Crippen LogP contribution in [-0.4, -0.2) is 23.4 Å². The molecule has 1 fully saturated rings. The number of carbonyl (C=O) groups excluding carboxylic acids is 1. The van der Waals surface area contributed by atoms with Crippen molar-refractivity contribution < 1.29 is 4.79 Å². The molecule has 4 aromatic rings. The lowest BCUT2D eigenvalue weighted by atomic mass is 10.0. The van der Waals surface area contributed by atoms with Crippen LogP contribution in [0.3, 0.4) is 0 Å². The molecule has 0 aliphatic carbocycles. The van der Waals surface area contributed by atoms with Crippen LogP contribution in [0.5, 0.6) is 0 Å². The second-order valence-electron chi connectivity index (χ2n) is 7.86. The maximum absolute atomic E-state index is 13.6. The molecule has 0 spiro atoms. The van der Waals surface area contributed by atoms with Gasteiger partial charge in [-0.05, 0) is 48.5 Å². The molecule has 1 heterocycles. The summed E-state index contributed by atoms with van der Waals surface area (Å²) in [5.74, 6) is -0.0249. The lowest BCUT2D eigenvalue weighted by molar-refractivity contribution is 0.257. The third-order valence-electron chi connectivity index (χ3n) is 5.54. The Kier molecular flexibility index (Phi) is 6.62. The summed E-state index contributed by atoms with van der Waals surface area (Å²) in [6.45, 7) is 0. The fourth-order valence-electron chi connectivity index (χ4n) is 3.81. The van der Waals surface area contributed by atoms with Crippen LogP contribution in [0.4, 0.5) is 16.2 Å². The first-order chi connectivity index (χ1) is 17.5. The Balaban J connectivity index is 1.65. The van der Waals surface area contributed by atoms with E-state index in [2.05, 4.69) is 10.2 Å². The molecular weight excluding hydrogens is 493 g/mol. The minimum absolute atomic E-state index is 0.0848. The summed E-state index contributed by atoms with van der Waals surface area (Å²) in [5.41, 5.74) is 3.34. The summed E-state index contributed by atoms with van der Waals surface area (Å²) in [4.78, 5) is 16.2. The number of halogens is 2. The van der Waals surface area contributed by atoms with Crippen LogP contribution in [0.15, 0.2) is 119 Å². The number of carbonyl (C=O) groups is 1. The minimum Gasteiger partial charge on any atom is -0.281 e. The summed E-state index contributed by atoms with van der Waals surface area (Å²) < 4.78 is 0. The van der Waals surface area contributed by atoms with Crippen LogP contribution in [0.25, 0.3) is 0 Å². The van der Waals surface area contributed by atoms with E-state index in [0.29, 0.717) is 27.1 Å². The normalized spacial score (nSPS) is 14.4. The number of benzene rings is 4. The van der Waals surface area contributed by atoms with Crippen LogP contribution in [0.1, 0.15) is 11.1 Å². The monoisotopic (exact) mass is 511 g/mol. The molecule has 2 amide bonds. The van der Waals surface area contributed by atoms with Crippen molar-refractivity contribution in [3.63, 3.8) is 0 Å². The molecule has 0 aromatic heterocycles. The van der Waals surface area contributed by atoms with Crippen molar-refractivity contribution in [3.05, 3.63) is 130 Å². The Morgan fingerprint density at radius 1 is 0.639 bits per heavy atom. The Morgan fingerprint density at radius 3 is 1.56 bits per heavy atom. The van der Waals surface area contributed by atoms with E-state index in [1.165, 1.54) is 9.80 Å². The van der Waals surface area contributed by atoms with E-state index in [9.17, 15) is 4.79 Å². The van der Waals surface area contributed by atoms with E-state index in [1.807, 2.05) is 60.7 Å². The highest BCUT2D eigenvalue weighted by Crippen LogP contribution is 2.29. The summed E-state index contributed by atoms with van der Waals surface area (Å²) in [6, 6.07) is 32.3. The Hall–Kier alpha value is -4.26. The zero-order valence-corrected chi connectivity index (χ0v) is 20.4. The number of hydrogen-bond acceptors (Lipinski definition) is 4. The summed E-state index contributed by atoms with van der Waals surface area (Å²) >= 11 is 12.1. The lowest BCUT2D eigenvalue weighted by Gasteiger charge is -2.17. The number of amides is 2. The molecule has 6 nitrogen and oxygen atoms in total. The Morgan fingerprint density at radius 2 is 1.08 bits per heavy atom. The van der Waals surface area contributed by atoms with Gasteiger partial charge in [-0.2, -0.15) is 0 Å². The standard InChI is InChI=1S/C28H19Cl2N5O/c29-21-11-15-23(16-12-21)34-26(31)27(35(28(34)36)24-17-13-22(30)14-18-24)33-32-25(19-7-3-1-4-8-19)20-9-5-2-6-10-20/h1-18,31H/b31-26?,33-27+. The van der Waals surface area contributed by atoms with Crippen molar-refractivity contribution in [2.24, 2.45) is 10.2 Å². The van der Waals surface area contributed by atoms with E-state index < -0.39 is 6.03 Å². The molecule has 0 radical (unpaired) electrons. The maximum Gasteiger partial charge on any atom is 0.340 e. The average Bonchev–Trinajstić information content (AvgIpc) is 3.15. The number of nitrogens with one attached hydrogen (secondary N) is 1. The van der Waals surface area contributed by atoms with Crippen molar-refractivity contribution in [3.8, 4) is 0 Å². The van der Waals surface area contributed by atoms with E-state index in [0.717, 1.165) is 11.1 Å². The Labute approximate surface area is 218 Å². The molecule has 0 unspecified atom stereocenters. The number of hydrogen-bond donors (Lipinski definition) is 1. The minimum atomic E-state index is -0.459. The zero-order valence-electron chi connectivity index (χ0n) is 18.8. The molecule has 1 N–H and O–H groups in total. The largest absolute Gasteiger partial charge is 0.340 e. The highest BCUT2D eigenvalue weighted by Gasteiger charge is 2.42. The van der Waals surface area contributed by atoms with E-state index >= 15 is 0 Å². The smallest absolute Gasteiger partial charge is 0.281 e. The molecule has 4 aromatic carbocycles. The van der Waals surface area contributed by atoms with Crippen molar-refractivity contribution in [1.29, 1.82) is 5.41 Å². The second-order valence-corrected chi connectivity index (χ2v) is 8.73. The van der Waals surface area contributed by atoms with Gasteiger partial charge in [-0.1, -0.05) is 83.9 Å². The summed E-state index contributed by atoms with van der Waals surface area (Å²) in [6.07, 6.45) is 0. The first-order valence-electron chi connectivity index (χ1n) is 11.0. The van der Waals surface area contributed by atoms with Crippen LogP contribution < -0.4 is 9.80 Å². The summed E-state index contributed by atoms with van der Waals surface area (Å²) in [7, 11) is 0. The molecule has 0 saturated carbocycles. The number of anilines is 2. The molecule has 0 bridgehead atoms. The number of nitrogens with zero attached hydrogens (tertiary/aromatic N) is 4. The molecule has 8 heteroatoms. The van der Waals surface area contributed by atoms with Gasteiger partial charge in [0.1, 0.15) is 5.71 Å². The number of rotatable bonds is 5. The van der Waals surface area contributed by atoms with E-state index in [-0.39, 0.29) is 11.7 Å². The van der Waals surface area contributed by atoms with Gasteiger partial charge in [0, 0.05) is 21.2 Å². The molecule has 0 atom stereocenters. The maximum atomic E-state index is 13.6. The second kappa shape index (κ2) is 10.2. The van der Waals surface area contributed by atoms with Gasteiger partial charge in [0.25, 0.3) is 0 Å². The van der Waals surface area contributed by atoms with E-state index in [4.69, 9.17) is 28.6 Å². The Bertz CT molecular complexity index is 1430. The third kappa shape index (κ3) is 4.64. The van der Waals surface area contributed by atoms with E-state index in [1.54, 1.807) is 48.5 Å². The van der Waals surface area contributed by atoms with Crippen LogP contribution in [-0.2, 0) is 0 Å². The van der Waals surface area contributed by atoms with Crippen LogP contribution in [0.2, 0.25) is 10.0 Å². The van der Waals surface area contributed by atoms with Crippen molar-refractivity contribution in [2.45, 2.75) is 0 Å². The van der Waals surface area contributed by atoms with Gasteiger partial charge in [0.05, 0.1) is 11.4 Å². The highest BCUT2D eigenvalue weighted by atomic mass is 35.5. The summed E-state index contributed by atoms with van der Waals surface area (Å²) in [5, 5.41) is 19.0. The zero-order chi connectivity index (χ0) is 25.1. The fraction of sp³-hybridized carbons (Fsp3) is 0. The van der Waals surface area contributed by atoms with Gasteiger partial charge < -0.3 is 0 Å². The van der Waals surface area contributed by atoms with Gasteiger partial charge in [0.2, 0.25) is 5.84 Å². The molecule has 1 aliphatic heterocycles. The molecule has 36 heavy (non-hydrogen) atoms. The topological polar surface area (TPSA) is 72.1 Å². The van der Waals surface area contributed by atoms with Crippen molar-refractivity contribution in [2.75, 3.05) is 9.80 Å². The molecule has 176 valence electrons. The van der Waals surface area contributed by atoms with Gasteiger partial charge in [-0.25, -0.2) is 14.6 Å². The molecular formula is C28H19Cl2N5O. The van der Waals surface area contributed by atoms with Crippen LogP contribution >= 0.6 is 23.2 Å². The van der Waals surface area contributed by atoms with Gasteiger partial charge in [0.15, 0.2) is 5.84 Å². The molecule has 5 rings (SSSR count). The molecule has 1 saturated heterocycles. The lowest BCUT2D eigenvalue weighted by Crippen LogP contribution is -2.33. The van der Waals surface area contributed by atoms with Gasteiger partial charge in [-0.3, -0.25) is 5.41 Å². The predicted molar refractivity (Wildman–Crippen MR) is 147 cm³/mol. The van der Waals surface area contributed by atoms with Crippen LogP contribution in [0, 0.1) is 5.41 Å². The number of urea groups is 1. The quantitative estimate of drug-likeness (QED) is 0.222. The highest BCUT2D eigenvalue weighted by molar-refractivity contribution is 6.62. The molecule has 1 aliphatic rings. The third-order valence-corrected chi connectivity index (χ3v) is 6.04. The van der Waals surface area contributed by atoms with Gasteiger partial charge in [-0.15, -0.1) is 10.2 Å². The first-order valence-corrected chi connectivity index (χ1v) is 11.8. The SMILES string of the molecule is N=C1/C(=N\N=C(c2ccccc2)c2ccccc2)N(c2ccc(Cl)cc2)C(=O)N1c1ccc(Cl)cc1. The predicted octanol–water partition coefficient (Wildman–Crippen LogP) is 7.27. The first kappa shape index (κ1) is 23.5.